The third kappa shape index (κ3) is 4.01. The van der Waals surface area contributed by atoms with Gasteiger partial charge in [-0.05, 0) is 59.5 Å². The summed E-state index contributed by atoms with van der Waals surface area (Å²) < 4.78 is 1.35. The molecule has 0 fully saturated rings. The van der Waals surface area contributed by atoms with Crippen LogP contribution in [0, 0.1) is 9.81 Å². The molecular formula is C13H17IN2S2. The average molecular weight is 392 g/mol. The summed E-state index contributed by atoms with van der Waals surface area (Å²) in [6, 6.07) is 2.67. The van der Waals surface area contributed by atoms with Crippen LogP contribution in [-0.4, -0.2) is 11.5 Å². The number of aromatic nitrogens is 1. The molecular weight excluding hydrogens is 375 g/mol. The van der Waals surface area contributed by atoms with Gasteiger partial charge in [0.15, 0.2) is 0 Å². The number of aryl methyl sites for hydroxylation is 1. The van der Waals surface area contributed by atoms with Gasteiger partial charge in [0, 0.05) is 17.8 Å². The van der Waals surface area contributed by atoms with E-state index in [1.54, 1.807) is 11.3 Å². The Kier molecular flexibility index (Phi) is 5.59. The molecule has 0 amide bonds. The third-order valence-corrected chi connectivity index (χ3v) is 5.34. The summed E-state index contributed by atoms with van der Waals surface area (Å²) in [4.78, 5) is 4.57. The summed E-state index contributed by atoms with van der Waals surface area (Å²) >= 11 is 5.93. The summed E-state index contributed by atoms with van der Waals surface area (Å²) in [5.41, 5.74) is 2.59. The first-order valence-electron chi connectivity index (χ1n) is 6.07. The highest BCUT2D eigenvalue weighted by Crippen LogP contribution is 2.25. The Morgan fingerprint density at radius 2 is 2.22 bits per heavy atom. The smallest absolute Gasteiger partial charge is 0.0897 e. The number of halogens is 1. The number of thiophene rings is 1. The molecule has 2 heterocycles. The van der Waals surface area contributed by atoms with Gasteiger partial charge in [0.05, 0.1) is 13.6 Å². The number of hydrogen-bond acceptors (Lipinski definition) is 4. The van der Waals surface area contributed by atoms with E-state index in [0.717, 1.165) is 24.4 Å². The second kappa shape index (κ2) is 6.98. The first-order chi connectivity index (χ1) is 8.69. The SMILES string of the molecule is CCCNC(Cc1csc(C)n1)c1csc(I)c1. The summed E-state index contributed by atoms with van der Waals surface area (Å²) in [5, 5.41) is 9.21. The molecule has 2 aromatic heterocycles. The Morgan fingerprint density at radius 3 is 2.78 bits per heavy atom. The maximum Gasteiger partial charge on any atom is 0.0897 e. The minimum absolute atomic E-state index is 0.395. The Balaban J connectivity index is 2.09. The van der Waals surface area contributed by atoms with E-state index in [2.05, 4.69) is 63.6 Å². The summed E-state index contributed by atoms with van der Waals surface area (Å²) in [7, 11) is 0. The molecule has 5 heteroatoms. The van der Waals surface area contributed by atoms with Crippen LogP contribution in [0.25, 0.3) is 0 Å². The fraction of sp³-hybridized carbons (Fsp3) is 0.462. The molecule has 0 spiro atoms. The van der Waals surface area contributed by atoms with Gasteiger partial charge in [-0.3, -0.25) is 0 Å². The highest BCUT2D eigenvalue weighted by molar-refractivity contribution is 14.1. The third-order valence-electron chi connectivity index (χ3n) is 2.71. The molecule has 98 valence electrons. The van der Waals surface area contributed by atoms with Crippen LogP contribution in [0.15, 0.2) is 16.8 Å². The van der Waals surface area contributed by atoms with Crippen LogP contribution in [0.3, 0.4) is 0 Å². The van der Waals surface area contributed by atoms with Crippen LogP contribution in [-0.2, 0) is 6.42 Å². The van der Waals surface area contributed by atoms with E-state index in [-0.39, 0.29) is 0 Å². The molecule has 0 aliphatic carbocycles. The number of nitrogens with zero attached hydrogens (tertiary/aromatic N) is 1. The van der Waals surface area contributed by atoms with Gasteiger partial charge in [-0.2, -0.15) is 0 Å². The summed E-state index contributed by atoms with van der Waals surface area (Å²) in [6.07, 6.45) is 2.14. The highest BCUT2D eigenvalue weighted by Gasteiger charge is 2.14. The van der Waals surface area contributed by atoms with Gasteiger partial charge < -0.3 is 5.32 Å². The first-order valence-corrected chi connectivity index (χ1v) is 8.91. The Hall–Kier alpha value is 0.0200. The van der Waals surface area contributed by atoms with Gasteiger partial charge in [-0.1, -0.05) is 6.92 Å². The maximum absolute atomic E-state index is 4.57. The monoisotopic (exact) mass is 392 g/mol. The molecule has 2 nitrogen and oxygen atoms in total. The molecule has 1 unspecified atom stereocenters. The van der Waals surface area contributed by atoms with Crippen molar-refractivity contribution in [3.63, 3.8) is 0 Å². The van der Waals surface area contributed by atoms with Crippen molar-refractivity contribution in [3.8, 4) is 0 Å². The molecule has 0 aromatic carbocycles. The molecule has 18 heavy (non-hydrogen) atoms. The van der Waals surface area contributed by atoms with Crippen LogP contribution in [0.1, 0.15) is 35.7 Å². The van der Waals surface area contributed by atoms with Gasteiger partial charge in [-0.15, -0.1) is 22.7 Å². The van der Waals surface area contributed by atoms with Crippen molar-refractivity contribution in [2.24, 2.45) is 0 Å². The van der Waals surface area contributed by atoms with Crippen molar-refractivity contribution in [3.05, 3.63) is 36.0 Å². The zero-order valence-corrected chi connectivity index (χ0v) is 14.4. The first kappa shape index (κ1) is 14.4. The topological polar surface area (TPSA) is 24.9 Å². The maximum atomic E-state index is 4.57. The fourth-order valence-corrected chi connectivity index (χ4v) is 3.90. The van der Waals surface area contributed by atoms with Crippen molar-refractivity contribution in [1.82, 2.24) is 10.3 Å². The second-order valence-electron chi connectivity index (χ2n) is 4.25. The van der Waals surface area contributed by atoms with Gasteiger partial charge in [0.2, 0.25) is 0 Å². The van der Waals surface area contributed by atoms with E-state index >= 15 is 0 Å². The molecule has 0 saturated heterocycles. The van der Waals surface area contributed by atoms with Crippen LogP contribution >= 0.6 is 45.3 Å². The molecule has 2 aromatic rings. The minimum atomic E-state index is 0.395. The van der Waals surface area contributed by atoms with E-state index in [1.807, 2.05) is 11.3 Å². The molecule has 1 atom stereocenters. The van der Waals surface area contributed by atoms with Crippen LogP contribution < -0.4 is 5.32 Å². The molecule has 1 N–H and O–H groups in total. The van der Waals surface area contributed by atoms with Crippen molar-refractivity contribution in [2.75, 3.05) is 6.54 Å². The number of rotatable bonds is 6. The zero-order valence-electron chi connectivity index (χ0n) is 10.6. The van der Waals surface area contributed by atoms with Gasteiger partial charge in [-0.25, -0.2) is 4.98 Å². The van der Waals surface area contributed by atoms with E-state index in [1.165, 1.54) is 14.1 Å². The van der Waals surface area contributed by atoms with Crippen LogP contribution in [0.5, 0.6) is 0 Å². The summed E-state index contributed by atoms with van der Waals surface area (Å²) in [5.74, 6) is 0. The highest BCUT2D eigenvalue weighted by atomic mass is 127. The lowest BCUT2D eigenvalue weighted by Gasteiger charge is -2.16. The van der Waals surface area contributed by atoms with Crippen molar-refractivity contribution in [2.45, 2.75) is 32.7 Å². The van der Waals surface area contributed by atoms with Gasteiger partial charge >= 0.3 is 0 Å². The molecule has 0 radical (unpaired) electrons. The number of nitrogens with one attached hydrogen (secondary N) is 1. The lowest BCUT2D eigenvalue weighted by molar-refractivity contribution is 0.526. The van der Waals surface area contributed by atoms with Crippen LogP contribution in [0.4, 0.5) is 0 Å². The van der Waals surface area contributed by atoms with Crippen molar-refractivity contribution >= 4 is 45.3 Å². The summed E-state index contributed by atoms with van der Waals surface area (Å²) in [6.45, 7) is 5.32. The van der Waals surface area contributed by atoms with E-state index < -0.39 is 0 Å². The molecule has 0 aliphatic heterocycles. The van der Waals surface area contributed by atoms with E-state index in [0.29, 0.717) is 6.04 Å². The Morgan fingerprint density at radius 1 is 1.39 bits per heavy atom. The Bertz CT molecular complexity index is 493. The lowest BCUT2D eigenvalue weighted by Crippen LogP contribution is -2.23. The van der Waals surface area contributed by atoms with Gasteiger partial charge in [0.25, 0.3) is 0 Å². The van der Waals surface area contributed by atoms with Gasteiger partial charge in [0.1, 0.15) is 0 Å². The molecule has 2 rings (SSSR count). The lowest BCUT2D eigenvalue weighted by atomic mass is 10.1. The van der Waals surface area contributed by atoms with E-state index in [4.69, 9.17) is 0 Å². The molecule has 0 saturated carbocycles. The van der Waals surface area contributed by atoms with Crippen LogP contribution in [0.2, 0.25) is 0 Å². The minimum Gasteiger partial charge on any atom is -0.310 e. The molecule has 0 aliphatic rings. The predicted molar refractivity (Wildman–Crippen MR) is 88.6 cm³/mol. The normalized spacial score (nSPS) is 12.8. The average Bonchev–Trinajstić information content (AvgIpc) is 2.93. The van der Waals surface area contributed by atoms with Crippen molar-refractivity contribution < 1.29 is 0 Å². The largest absolute Gasteiger partial charge is 0.310 e. The second-order valence-corrected chi connectivity index (χ2v) is 8.12. The number of hydrogen-bond donors (Lipinski definition) is 1. The fourth-order valence-electron chi connectivity index (χ4n) is 1.84. The quantitative estimate of drug-likeness (QED) is 0.738. The predicted octanol–water partition coefficient (Wildman–Crippen LogP) is 4.40. The zero-order chi connectivity index (χ0) is 13.0. The standard InChI is InChI=1S/C13H17IN2S2/c1-3-4-15-12(10-5-13(14)18-7-10)6-11-8-17-9(2)16-11/h5,7-8,12,15H,3-4,6H2,1-2H3. The molecule has 0 bridgehead atoms. The van der Waals surface area contributed by atoms with E-state index in [9.17, 15) is 0 Å². The Labute approximate surface area is 130 Å². The van der Waals surface area contributed by atoms with Crippen molar-refractivity contribution in [1.29, 1.82) is 0 Å². The number of thiazole rings is 1.